The maximum Gasteiger partial charge on any atom is 0.274 e. The molecule has 0 N–H and O–H groups in total. The number of nitro benzene ring substituents is 2. The molecule has 1 aliphatic rings. The zero-order valence-corrected chi connectivity index (χ0v) is 12.0. The van der Waals surface area contributed by atoms with Crippen molar-refractivity contribution in [2.45, 2.75) is 6.54 Å². The van der Waals surface area contributed by atoms with Gasteiger partial charge in [0, 0.05) is 23.8 Å². The average molecular weight is 327 g/mol. The van der Waals surface area contributed by atoms with Crippen LogP contribution in [0.5, 0.6) is 0 Å². The van der Waals surface area contributed by atoms with Crippen LogP contribution in [0, 0.1) is 20.2 Å². The first-order chi connectivity index (χ1) is 11.4. The molecule has 0 unspecified atom stereocenters. The van der Waals surface area contributed by atoms with Crippen LogP contribution in [0.15, 0.2) is 42.5 Å². The van der Waals surface area contributed by atoms with Gasteiger partial charge in [-0.25, -0.2) is 0 Å². The molecular formula is C15H9N3O6. The van der Waals surface area contributed by atoms with E-state index in [4.69, 9.17) is 0 Å². The molecule has 1 heterocycles. The molecule has 0 radical (unpaired) electrons. The van der Waals surface area contributed by atoms with Gasteiger partial charge in [-0.15, -0.1) is 0 Å². The highest BCUT2D eigenvalue weighted by Crippen LogP contribution is 2.29. The van der Waals surface area contributed by atoms with Crippen LogP contribution in [0.3, 0.4) is 0 Å². The summed E-state index contributed by atoms with van der Waals surface area (Å²) >= 11 is 0. The number of carbonyl (C=O) groups excluding carboxylic acids is 2. The molecule has 2 aromatic rings. The van der Waals surface area contributed by atoms with Gasteiger partial charge in [0.05, 0.1) is 27.5 Å². The quantitative estimate of drug-likeness (QED) is 0.482. The summed E-state index contributed by atoms with van der Waals surface area (Å²) < 4.78 is 0. The predicted octanol–water partition coefficient (Wildman–Crippen LogP) is 2.30. The Morgan fingerprint density at radius 1 is 0.875 bits per heavy atom. The van der Waals surface area contributed by atoms with Crippen molar-refractivity contribution in [2.75, 3.05) is 0 Å². The first-order valence-electron chi connectivity index (χ1n) is 6.77. The number of para-hydroxylation sites is 1. The third-order valence-electron chi connectivity index (χ3n) is 3.68. The van der Waals surface area contributed by atoms with Crippen molar-refractivity contribution in [3.05, 3.63) is 79.4 Å². The number of fused-ring (bicyclic) bond motifs is 1. The van der Waals surface area contributed by atoms with Crippen LogP contribution >= 0.6 is 0 Å². The third-order valence-corrected chi connectivity index (χ3v) is 3.68. The van der Waals surface area contributed by atoms with E-state index in [1.165, 1.54) is 24.3 Å². The Hall–Kier alpha value is -3.62. The summed E-state index contributed by atoms with van der Waals surface area (Å²) in [5, 5.41) is 21.8. The van der Waals surface area contributed by atoms with Gasteiger partial charge in [0.1, 0.15) is 0 Å². The number of non-ortho nitro benzene ring substituents is 1. The highest BCUT2D eigenvalue weighted by atomic mass is 16.6. The van der Waals surface area contributed by atoms with Crippen molar-refractivity contribution >= 4 is 23.2 Å². The van der Waals surface area contributed by atoms with Crippen molar-refractivity contribution < 1.29 is 19.4 Å². The Balaban J connectivity index is 1.97. The van der Waals surface area contributed by atoms with Crippen LogP contribution in [0.25, 0.3) is 0 Å². The maximum atomic E-state index is 12.4. The van der Waals surface area contributed by atoms with E-state index < -0.39 is 21.7 Å². The summed E-state index contributed by atoms with van der Waals surface area (Å²) in [7, 11) is 0. The lowest BCUT2D eigenvalue weighted by Gasteiger charge is -2.13. The van der Waals surface area contributed by atoms with E-state index in [2.05, 4.69) is 0 Å². The predicted molar refractivity (Wildman–Crippen MR) is 80.4 cm³/mol. The Kier molecular flexibility index (Phi) is 3.53. The largest absolute Gasteiger partial charge is 0.274 e. The van der Waals surface area contributed by atoms with Gasteiger partial charge >= 0.3 is 0 Å². The number of carbonyl (C=O) groups is 2. The number of nitro groups is 2. The van der Waals surface area contributed by atoms with Crippen LogP contribution in [0.4, 0.5) is 11.4 Å². The molecule has 0 atom stereocenters. The average Bonchev–Trinajstić information content (AvgIpc) is 2.79. The first-order valence-corrected chi connectivity index (χ1v) is 6.77. The topological polar surface area (TPSA) is 124 Å². The first kappa shape index (κ1) is 15.3. The molecule has 120 valence electrons. The highest BCUT2D eigenvalue weighted by molar-refractivity contribution is 6.21. The smallest absolute Gasteiger partial charge is 0.270 e. The Labute approximate surface area is 134 Å². The van der Waals surface area contributed by atoms with E-state index >= 15 is 0 Å². The Bertz CT molecular complexity index is 908. The molecule has 0 spiro atoms. The van der Waals surface area contributed by atoms with Crippen LogP contribution in [-0.2, 0) is 6.54 Å². The molecule has 3 rings (SSSR count). The number of nitrogens with zero attached hydrogens (tertiary/aromatic N) is 3. The fourth-order valence-corrected chi connectivity index (χ4v) is 2.53. The van der Waals surface area contributed by atoms with Crippen LogP contribution < -0.4 is 0 Å². The molecule has 0 aliphatic carbocycles. The molecule has 0 fully saturated rings. The SMILES string of the molecule is O=C1c2ccc([N+](=O)[O-])cc2C(=O)N1Cc1ccccc1[N+](=O)[O-]. The molecule has 2 aromatic carbocycles. The second kappa shape index (κ2) is 5.54. The zero-order valence-electron chi connectivity index (χ0n) is 12.0. The summed E-state index contributed by atoms with van der Waals surface area (Å²) in [6, 6.07) is 9.15. The second-order valence-corrected chi connectivity index (χ2v) is 5.07. The lowest BCUT2D eigenvalue weighted by atomic mass is 10.1. The van der Waals surface area contributed by atoms with E-state index in [-0.39, 0.29) is 34.6 Å². The minimum Gasteiger partial charge on any atom is -0.270 e. The minimum absolute atomic E-state index is 0.0455. The number of rotatable bonds is 4. The van der Waals surface area contributed by atoms with E-state index in [1.54, 1.807) is 6.07 Å². The van der Waals surface area contributed by atoms with E-state index in [0.717, 1.165) is 17.0 Å². The second-order valence-electron chi connectivity index (χ2n) is 5.07. The third kappa shape index (κ3) is 2.37. The van der Waals surface area contributed by atoms with Gasteiger partial charge in [-0.3, -0.25) is 34.7 Å². The van der Waals surface area contributed by atoms with E-state index in [0.29, 0.717) is 0 Å². The van der Waals surface area contributed by atoms with Crippen molar-refractivity contribution in [3.8, 4) is 0 Å². The van der Waals surface area contributed by atoms with Crippen molar-refractivity contribution in [2.24, 2.45) is 0 Å². The zero-order chi connectivity index (χ0) is 17.4. The van der Waals surface area contributed by atoms with Crippen LogP contribution in [-0.4, -0.2) is 26.6 Å². The molecule has 0 saturated heterocycles. The van der Waals surface area contributed by atoms with Crippen molar-refractivity contribution in [3.63, 3.8) is 0 Å². The summed E-state index contributed by atoms with van der Waals surface area (Å²) in [5.74, 6) is -1.35. The normalized spacial score (nSPS) is 13.1. The molecule has 0 aromatic heterocycles. The summed E-state index contributed by atoms with van der Waals surface area (Å²) in [5.41, 5.74) is -0.342. The monoisotopic (exact) mass is 327 g/mol. The lowest BCUT2D eigenvalue weighted by Crippen LogP contribution is -2.29. The molecule has 9 nitrogen and oxygen atoms in total. The van der Waals surface area contributed by atoms with Gasteiger partial charge in [0.2, 0.25) is 0 Å². The fraction of sp³-hybridized carbons (Fsp3) is 0.0667. The molecule has 0 bridgehead atoms. The lowest BCUT2D eigenvalue weighted by molar-refractivity contribution is -0.385. The fourth-order valence-electron chi connectivity index (χ4n) is 2.53. The van der Waals surface area contributed by atoms with Gasteiger partial charge in [0.25, 0.3) is 23.2 Å². The van der Waals surface area contributed by atoms with Crippen LogP contribution in [0.2, 0.25) is 0 Å². The van der Waals surface area contributed by atoms with Gasteiger partial charge in [-0.2, -0.15) is 0 Å². The Morgan fingerprint density at radius 2 is 1.54 bits per heavy atom. The standard InChI is InChI=1S/C15H9N3O6/c19-14-11-6-5-10(17(21)22)7-12(11)15(20)16(14)8-9-3-1-2-4-13(9)18(23)24/h1-7H,8H2. The van der Waals surface area contributed by atoms with Crippen molar-refractivity contribution in [1.82, 2.24) is 4.90 Å². The van der Waals surface area contributed by atoms with Gasteiger partial charge in [-0.1, -0.05) is 18.2 Å². The Morgan fingerprint density at radius 3 is 2.21 bits per heavy atom. The molecular weight excluding hydrogens is 318 g/mol. The number of hydrogen-bond acceptors (Lipinski definition) is 6. The van der Waals surface area contributed by atoms with Crippen LogP contribution in [0.1, 0.15) is 26.3 Å². The minimum atomic E-state index is -0.711. The molecule has 1 aliphatic heterocycles. The van der Waals surface area contributed by atoms with Gasteiger partial charge in [-0.05, 0) is 6.07 Å². The van der Waals surface area contributed by atoms with E-state index in [9.17, 15) is 29.8 Å². The number of imide groups is 1. The van der Waals surface area contributed by atoms with Gasteiger partial charge in [0.15, 0.2) is 0 Å². The van der Waals surface area contributed by atoms with E-state index in [1.807, 2.05) is 0 Å². The number of hydrogen-bond donors (Lipinski definition) is 0. The molecule has 0 saturated carbocycles. The highest BCUT2D eigenvalue weighted by Gasteiger charge is 2.37. The molecule has 2 amide bonds. The number of amides is 2. The molecule has 9 heteroatoms. The summed E-state index contributed by atoms with van der Waals surface area (Å²) in [6.07, 6.45) is 0. The maximum absolute atomic E-state index is 12.4. The molecule has 24 heavy (non-hydrogen) atoms. The summed E-state index contributed by atoms with van der Waals surface area (Å²) in [6.45, 7) is -0.280. The summed E-state index contributed by atoms with van der Waals surface area (Å²) in [4.78, 5) is 46.1. The van der Waals surface area contributed by atoms with Crippen molar-refractivity contribution in [1.29, 1.82) is 0 Å². The van der Waals surface area contributed by atoms with Gasteiger partial charge < -0.3 is 0 Å². The number of benzene rings is 2.